The molecule has 16 heavy (non-hydrogen) atoms. The maximum absolute atomic E-state index is 11.0. The lowest BCUT2D eigenvalue weighted by atomic mass is 10.0. The van der Waals surface area contributed by atoms with Crippen molar-refractivity contribution in [3.63, 3.8) is 0 Å². The normalized spacial score (nSPS) is 12.6. The van der Waals surface area contributed by atoms with Crippen LogP contribution in [0.5, 0.6) is 5.75 Å². The molecule has 1 atom stereocenters. The van der Waals surface area contributed by atoms with Crippen molar-refractivity contribution < 1.29 is 9.53 Å². The standard InChI is InChI=1S/C13H17ClO2/c1-9(2)8-16-12-6-4-5-11(7-12)10(3)13(14)15/h4-7,9-10H,8H2,1-3H3. The Hall–Kier alpha value is -1.02. The quantitative estimate of drug-likeness (QED) is 0.736. The maximum atomic E-state index is 11.0. The van der Waals surface area contributed by atoms with Crippen molar-refractivity contribution in [3.8, 4) is 5.75 Å². The topological polar surface area (TPSA) is 26.3 Å². The number of rotatable bonds is 5. The average Bonchev–Trinajstić information content (AvgIpc) is 2.25. The van der Waals surface area contributed by atoms with Gasteiger partial charge in [0.25, 0.3) is 0 Å². The first-order chi connectivity index (χ1) is 7.50. The van der Waals surface area contributed by atoms with Gasteiger partial charge < -0.3 is 4.74 Å². The average molecular weight is 241 g/mol. The van der Waals surface area contributed by atoms with Crippen LogP contribution in [0.4, 0.5) is 0 Å². The lowest BCUT2D eigenvalue weighted by Gasteiger charge is -2.11. The van der Waals surface area contributed by atoms with E-state index in [0.717, 1.165) is 11.3 Å². The second-order valence-corrected chi connectivity index (χ2v) is 4.68. The van der Waals surface area contributed by atoms with Crippen molar-refractivity contribution in [2.75, 3.05) is 6.61 Å². The van der Waals surface area contributed by atoms with Crippen LogP contribution in [0.2, 0.25) is 0 Å². The van der Waals surface area contributed by atoms with E-state index in [4.69, 9.17) is 16.3 Å². The molecule has 0 aliphatic carbocycles. The highest BCUT2D eigenvalue weighted by atomic mass is 35.5. The second kappa shape index (κ2) is 5.90. The van der Waals surface area contributed by atoms with Gasteiger partial charge in [0.15, 0.2) is 0 Å². The molecule has 0 radical (unpaired) electrons. The molecule has 0 bridgehead atoms. The van der Waals surface area contributed by atoms with Crippen molar-refractivity contribution in [2.24, 2.45) is 5.92 Å². The Bertz CT molecular complexity index is 361. The molecule has 0 fully saturated rings. The van der Waals surface area contributed by atoms with E-state index in [9.17, 15) is 4.79 Å². The Kier molecular flexibility index (Phi) is 4.81. The van der Waals surface area contributed by atoms with Gasteiger partial charge in [0.2, 0.25) is 5.24 Å². The number of carbonyl (C=O) groups excluding carboxylic acids is 1. The summed E-state index contributed by atoms with van der Waals surface area (Å²) in [6.07, 6.45) is 0. The van der Waals surface area contributed by atoms with Gasteiger partial charge in [-0.15, -0.1) is 0 Å². The summed E-state index contributed by atoms with van der Waals surface area (Å²) in [4.78, 5) is 11.0. The Morgan fingerprint density at radius 1 is 1.38 bits per heavy atom. The first kappa shape index (κ1) is 13.0. The number of hydrogen-bond donors (Lipinski definition) is 0. The highest BCUT2D eigenvalue weighted by molar-refractivity contribution is 6.64. The monoisotopic (exact) mass is 240 g/mol. The van der Waals surface area contributed by atoms with Gasteiger partial charge in [0, 0.05) is 0 Å². The van der Waals surface area contributed by atoms with E-state index in [2.05, 4.69) is 13.8 Å². The molecule has 0 aromatic heterocycles. The fraction of sp³-hybridized carbons (Fsp3) is 0.462. The van der Waals surface area contributed by atoms with Gasteiger partial charge >= 0.3 is 0 Å². The smallest absolute Gasteiger partial charge is 0.228 e. The molecule has 1 rings (SSSR count). The van der Waals surface area contributed by atoms with Gasteiger partial charge in [-0.3, -0.25) is 4.79 Å². The van der Waals surface area contributed by atoms with Crippen LogP contribution in [0.15, 0.2) is 24.3 Å². The largest absolute Gasteiger partial charge is 0.493 e. The van der Waals surface area contributed by atoms with Crippen molar-refractivity contribution in [2.45, 2.75) is 26.7 Å². The molecule has 0 saturated heterocycles. The molecule has 3 heteroatoms. The summed E-state index contributed by atoms with van der Waals surface area (Å²) in [5.74, 6) is 0.982. The third kappa shape index (κ3) is 3.86. The van der Waals surface area contributed by atoms with Crippen LogP contribution in [-0.4, -0.2) is 11.8 Å². The van der Waals surface area contributed by atoms with Crippen LogP contribution in [0, 0.1) is 5.92 Å². The van der Waals surface area contributed by atoms with E-state index in [1.807, 2.05) is 24.3 Å². The molecule has 0 spiro atoms. The minimum atomic E-state index is -0.346. The van der Waals surface area contributed by atoms with Crippen molar-refractivity contribution in [1.82, 2.24) is 0 Å². The zero-order valence-corrected chi connectivity index (χ0v) is 10.6. The fourth-order valence-corrected chi connectivity index (χ4v) is 1.39. The Morgan fingerprint density at radius 2 is 2.06 bits per heavy atom. The molecular formula is C13H17ClO2. The zero-order valence-electron chi connectivity index (χ0n) is 9.87. The van der Waals surface area contributed by atoms with Crippen LogP contribution >= 0.6 is 11.6 Å². The molecule has 0 saturated carbocycles. The van der Waals surface area contributed by atoms with Crippen LogP contribution in [0.25, 0.3) is 0 Å². The third-order valence-corrected chi connectivity index (χ3v) is 2.61. The number of ether oxygens (including phenoxy) is 1. The molecule has 0 amide bonds. The SMILES string of the molecule is CC(C)COc1cccc(C(C)C(=O)Cl)c1. The minimum Gasteiger partial charge on any atom is -0.493 e. The molecule has 0 aliphatic heterocycles. The van der Waals surface area contributed by atoms with E-state index in [1.54, 1.807) is 6.92 Å². The molecule has 1 unspecified atom stereocenters. The Morgan fingerprint density at radius 3 is 2.62 bits per heavy atom. The van der Waals surface area contributed by atoms with Gasteiger partial charge in [-0.25, -0.2) is 0 Å². The second-order valence-electron chi connectivity index (χ2n) is 4.30. The fourth-order valence-electron chi connectivity index (χ4n) is 1.27. The van der Waals surface area contributed by atoms with Gasteiger partial charge in [-0.1, -0.05) is 32.9 Å². The molecule has 88 valence electrons. The van der Waals surface area contributed by atoms with Crippen molar-refractivity contribution in [1.29, 1.82) is 0 Å². The van der Waals surface area contributed by atoms with E-state index in [0.29, 0.717) is 12.5 Å². The van der Waals surface area contributed by atoms with Crippen LogP contribution in [0.3, 0.4) is 0 Å². The number of halogens is 1. The maximum Gasteiger partial charge on any atom is 0.228 e. The van der Waals surface area contributed by atoms with E-state index < -0.39 is 0 Å². The predicted octanol–water partition coefficient (Wildman–Crippen LogP) is 3.59. The molecular weight excluding hydrogens is 224 g/mol. The Balaban J connectivity index is 2.74. The van der Waals surface area contributed by atoms with Crippen molar-refractivity contribution in [3.05, 3.63) is 29.8 Å². The lowest BCUT2D eigenvalue weighted by Crippen LogP contribution is -2.06. The highest BCUT2D eigenvalue weighted by Crippen LogP contribution is 2.22. The summed E-state index contributed by atoms with van der Waals surface area (Å²) in [5.41, 5.74) is 0.890. The zero-order chi connectivity index (χ0) is 12.1. The summed E-state index contributed by atoms with van der Waals surface area (Å²) in [7, 11) is 0. The van der Waals surface area contributed by atoms with Crippen LogP contribution in [0.1, 0.15) is 32.3 Å². The van der Waals surface area contributed by atoms with Crippen LogP contribution in [-0.2, 0) is 4.79 Å². The van der Waals surface area contributed by atoms with Crippen molar-refractivity contribution >= 4 is 16.8 Å². The molecule has 2 nitrogen and oxygen atoms in total. The molecule has 0 heterocycles. The van der Waals surface area contributed by atoms with E-state index >= 15 is 0 Å². The highest BCUT2D eigenvalue weighted by Gasteiger charge is 2.12. The molecule has 1 aromatic carbocycles. The molecule has 0 aliphatic rings. The third-order valence-electron chi connectivity index (χ3n) is 2.28. The van der Waals surface area contributed by atoms with Gasteiger partial charge in [0.05, 0.1) is 12.5 Å². The first-order valence-electron chi connectivity index (χ1n) is 5.42. The summed E-state index contributed by atoms with van der Waals surface area (Å²) in [5, 5.41) is -0.346. The summed E-state index contributed by atoms with van der Waals surface area (Å²) >= 11 is 5.46. The Labute approximate surface area is 102 Å². The van der Waals surface area contributed by atoms with Gasteiger partial charge in [-0.2, -0.15) is 0 Å². The van der Waals surface area contributed by atoms with Crippen LogP contribution < -0.4 is 4.74 Å². The summed E-state index contributed by atoms with van der Waals surface area (Å²) in [6.45, 7) is 6.65. The summed E-state index contributed by atoms with van der Waals surface area (Å²) in [6, 6.07) is 7.51. The summed E-state index contributed by atoms with van der Waals surface area (Å²) < 4.78 is 5.58. The van der Waals surface area contributed by atoms with Gasteiger partial charge in [-0.05, 0) is 35.2 Å². The lowest BCUT2D eigenvalue weighted by molar-refractivity contribution is -0.112. The van der Waals surface area contributed by atoms with E-state index in [1.165, 1.54) is 0 Å². The molecule has 1 aromatic rings. The molecule has 0 N–H and O–H groups in total. The number of benzene rings is 1. The number of hydrogen-bond acceptors (Lipinski definition) is 2. The van der Waals surface area contributed by atoms with E-state index in [-0.39, 0.29) is 11.2 Å². The van der Waals surface area contributed by atoms with Gasteiger partial charge in [0.1, 0.15) is 5.75 Å². The number of carbonyl (C=O) groups is 1. The predicted molar refractivity (Wildman–Crippen MR) is 66.1 cm³/mol. The first-order valence-corrected chi connectivity index (χ1v) is 5.80. The minimum absolute atomic E-state index is 0.288.